The summed E-state index contributed by atoms with van der Waals surface area (Å²) in [5.41, 5.74) is 2.10. The molecule has 1 aromatic carbocycles. The number of aliphatic hydroxyl groups excluding tert-OH is 1. The number of carbonyl (C=O) groups is 1. The number of rotatable bonds is 5. The predicted octanol–water partition coefficient (Wildman–Crippen LogP) is 1.80. The van der Waals surface area contributed by atoms with Gasteiger partial charge in [-0.1, -0.05) is 12.1 Å². The fourth-order valence-electron chi connectivity index (χ4n) is 3.19. The van der Waals surface area contributed by atoms with E-state index in [1.165, 1.54) is 5.56 Å². The third kappa shape index (κ3) is 4.77. The van der Waals surface area contributed by atoms with E-state index in [0.717, 1.165) is 57.4 Å². The van der Waals surface area contributed by atoms with E-state index in [9.17, 15) is 9.90 Å². The van der Waals surface area contributed by atoms with Gasteiger partial charge in [0, 0.05) is 31.9 Å². The molecule has 2 aliphatic heterocycles. The van der Waals surface area contributed by atoms with Gasteiger partial charge in [0.15, 0.2) is 0 Å². The van der Waals surface area contributed by atoms with Crippen LogP contribution in [-0.2, 0) is 16.0 Å². The number of carbonyl (C=O) groups excluding carboxylic acids is 1. The van der Waals surface area contributed by atoms with Gasteiger partial charge in [0.2, 0.25) is 0 Å². The van der Waals surface area contributed by atoms with Crippen molar-refractivity contribution in [3.8, 4) is 0 Å². The van der Waals surface area contributed by atoms with Crippen LogP contribution in [0.3, 0.4) is 0 Å². The number of nitrogens with zero attached hydrogens (tertiary/aromatic N) is 1. The molecule has 23 heavy (non-hydrogen) atoms. The van der Waals surface area contributed by atoms with Crippen LogP contribution in [0.2, 0.25) is 0 Å². The lowest BCUT2D eigenvalue weighted by Gasteiger charge is -2.29. The molecule has 5 nitrogen and oxygen atoms in total. The molecule has 5 heteroatoms. The first-order valence-electron chi connectivity index (χ1n) is 8.62. The Kier molecular flexibility index (Phi) is 5.65. The van der Waals surface area contributed by atoms with Crippen molar-refractivity contribution in [2.45, 2.75) is 44.3 Å². The van der Waals surface area contributed by atoms with Gasteiger partial charge >= 0.3 is 0 Å². The van der Waals surface area contributed by atoms with Crippen molar-refractivity contribution >= 4 is 11.6 Å². The van der Waals surface area contributed by atoms with Crippen LogP contribution in [0.5, 0.6) is 0 Å². The van der Waals surface area contributed by atoms with Gasteiger partial charge in [-0.25, -0.2) is 0 Å². The fraction of sp³-hybridized carbons (Fsp3) is 0.611. The minimum atomic E-state index is -0.288. The highest BCUT2D eigenvalue weighted by Crippen LogP contribution is 2.16. The zero-order valence-electron chi connectivity index (χ0n) is 13.5. The lowest BCUT2D eigenvalue weighted by atomic mass is 10.1. The number of piperidine rings is 1. The predicted molar refractivity (Wildman–Crippen MR) is 89.4 cm³/mol. The molecule has 2 fully saturated rings. The number of nitrogens with one attached hydrogen (secondary N) is 1. The Balaban J connectivity index is 1.44. The van der Waals surface area contributed by atoms with Crippen LogP contribution in [0.4, 0.5) is 5.69 Å². The summed E-state index contributed by atoms with van der Waals surface area (Å²) in [4.78, 5) is 14.4. The topological polar surface area (TPSA) is 61.8 Å². The highest BCUT2D eigenvalue weighted by atomic mass is 16.5. The summed E-state index contributed by atoms with van der Waals surface area (Å²) < 4.78 is 5.39. The van der Waals surface area contributed by atoms with E-state index < -0.39 is 0 Å². The molecule has 0 radical (unpaired) electrons. The second kappa shape index (κ2) is 7.90. The molecule has 126 valence electrons. The van der Waals surface area contributed by atoms with Crippen molar-refractivity contribution in [2.75, 3.05) is 31.6 Å². The Hall–Kier alpha value is -1.43. The Labute approximate surface area is 137 Å². The van der Waals surface area contributed by atoms with E-state index in [1.54, 1.807) is 0 Å². The van der Waals surface area contributed by atoms with Gasteiger partial charge in [0.25, 0.3) is 5.91 Å². The minimum Gasteiger partial charge on any atom is -0.393 e. The minimum absolute atomic E-state index is 0.0397. The number of anilines is 1. The van der Waals surface area contributed by atoms with E-state index in [1.807, 2.05) is 12.1 Å². The number of benzene rings is 1. The maximum absolute atomic E-state index is 12.0. The van der Waals surface area contributed by atoms with Gasteiger partial charge in [-0.2, -0.15) is 0 Å². The zero-order chi connectivity index (χ0) is 16.1. The Bertz CT molecular complexity index is 504. The number of hydrogen-bond donors (Lipinski definition) is 2. The van der Waals surface area contributed by atoms with Crippen LogP contribution >= 0.6 is 0 Å². The molecule has 0 spiro atoms. The van der Waals surface area contributed by atoms with Crippen LogP contribution in [0, 0.1) is 0 Å². The summed E-state index contributed by atoms with van der Waals surface area (Å²) in [5.74, 6) is -0.0397. The van der Waals surface area contributed by atoms with Gasteiger partial charge < -0.3 is 20.1 Å². The van der Waals surface area contributed by atoms with E-state index >= 15 is 0 Å². The molecular formula is C18H26N2O3. The Morgan fingerprint density at radius 3 is 2.61 bits per heavy atom. The van der Waals surface area contributed by atoms with E-state index in [2.05, 4.69) is 22.3 Å². The summed E-state index contributed by atoms with van der Waals surface area (Å²) in [6.45, 7) is 3.67. The zero-order valence-corrected chi connectivity index (χ0v) is 13.5. The molecule has 0 aliphatic carbocycles. The van der Waals surface area contributed by atoms with Gasteiger partial charge in [-0.05, 0) is 49.8 Å². The van der Waals surface area contributed by atoms with Crippen LogP contribution in [-0.4, -0.2) is 54.4 Å². The number of amides is 1. The summed E-state index contributed by atoms with van der Waals surface area (Å²) in [5, 5.41) is 12.4. The van der Waals surface area contributed by atoms with Crippen molar-refractivity contribution in [1.29, 1.82) is 0 Å². The summed E-state index contributed by atoms with van der Waals surface area (Å²) >= 11 is 0. The largest absolute Gasteiger partial charge is 0.393 e. The lowest BCUT2D eigenvalue weighted by molar-refractivity contribution is -0.124. The third-order valence-corrected chi connectivity index (χ3v) is 4.72. The lowest BCUT2D eigenvalue weighted by Crippen LogP contribution is -2.37. The van der Waals surface area contributed by atoms with Crippen molar-refractivity contribution in [2.24, 2.45) is 0 Å². The van der Waals surface area contributed by atoms with Crippen molar-refractivity contribution in [3.63, 3.8) is 0 Å². The monoisotopic (exact) mass is 318 g/mol. The number of ether oxygens (including phenoxy) is 1. The van der Waals surface area contributed by atoms with Gasteiger partial charge in [0.05, 0.1) is 6.10 Å². The molecule has 0 bridgehead atoms. The Morgan fingerprint density at radius 2 is 1.96 bits per heavy atom. The average Bonchev–Trinajstić information content (AvgIpc) is 3.10. The maximum atomic E-state index is 12.0. The smallest absolute Gasteiger partial charge is 0.253 e. The molecule has 0 aromatic heterocycles. The molecule has 2 N–H and O–H groups in total. The molecule has 1 unspecified atom stereocenters. The first-order valence-corrected chi connectivity index (χ1v) is 8.62. The van der Waals surface area contributed by atoms with Crippen molar-refractivity contribution in [1.82, 2.24) is 4.90 Å². The van der Waals surface area contributed by atoms with Crippen molar-refractivity contribution in [3.05, 3.63) is 29.8 Å². The summed E-state index contributed by atoms with van der Waals surface area (Å²) in [6, 6.07) is 8.07. The summed E-state index contributed by atoms with van der Waals surface area (Å²) in [6.07, 6.45) is 4.14. The van der Waals surface area contributed by atoms with Crippen LogP contribution in [0.25, 0.3) is 0 Å². The molecule has 1 amide bonds. The normalized spacial score (nSPS) is 23.1. The molecule has 3 rings (SSSR count). The SMILES string of the molecule is O=C(Nc1ccc(CCN2CCC(O)CC2)cc1)C1CCCO1. The maximum Gasteiger partial charge on any atom is 0.253 e. The van der Waals surface area contributed by atoms with E-state index in [0.29, 0.717) is 6.61 Å². The second-order valence-electron chi connectivity index (χ2n) is 6.51. The molecule has 1 aromatic rings. The van der Waals surface area contributed by atoms with Gasteiger partial charge in [0.1, 0.15) is 6.10 Å². The standard InChI is InChI=1S/C18H26N2O3/c21-16-8-11-20(12-9-16)10-7-14-3-5-15(6-4-14)19-18(22)17-2-1-13-23-17/h3-6,16-17,21H,1-2,7-13H2,(H,19,22). The highest BCUT2D eigenvalue weighted by Gasteiger charge is 2.23. The fourth-order valence-corrected chi connectivity index (χ4v) is 3.19. The van der Waals surface area contributed by atoms with Gasteiger partial charge in [-0.3, -0.25) is 4.79 Å². The van der Waals surface area contributed by atoms with Crippen LogP contribution in [0.15, 0.2) is 24.3 Å². The van der Waals surface area contributed by atoms with Gasteiger partial charge in [-0.15, -0.1) is 0 Å². The van der Waals surface area contributed by atoms with E-state index in [4.69, 9.17) is 4.74 Å². The quantitative estimate of drug-likeness (QED) is 0.869. The molecule has 2 heterocycles. The number of likely N-dealkylation sites (tertiary alicyclic amines) is 1. The first kappa shape index (κ1) is 16.4. The third-order valence-electron chi connectivity index (χ3n) is 4.72. The van der Waals surface area contributed by atoms with Crippen LogP contribution < -0.4 is 5.32 Å². The number of aliphatic hydroxyl groups is 1. The highest BCUT2D eigenvalue weighted by molar-refractivity contribution is 5.94. The first-order chi connectivity index (χ1) is 11.2. The molecule has 2 aliphatic rings. The molecule has 0 saturated carbocycles. The number of hydrogen-bond acceptors (Lipinski definition) is 4. The van der Waals surface area contributed by atoms with Crippen molar-refractivity contribution < 1.29 is 14.6 Å². The molecule has 2 saturated heterocycles. The van der Waals surface area contributed by atoms with Crippen LogP contribution in [0.1, 0.15) is 31.2 Å². The second-order valence-corrected chi connectivity index (χ2v) is 6.51. The Morgan fingerprint density at radius 1 is 1.22 bits per heavy atom. The molecule has 1 atom stereocenters. The van der Waals surface area contributed by atoms with E-state index in [-0.39, 0.29) is 18.1 Å². The summed E-state index contributed by atoms with van der Waals surface area (Å²) in [7, 11) is 0. The molecular weight excluding hydrogens is 292 g/mol. The average molecular weight is 318 g/mol.